The highest BCUT2D eigenvalue weighted by atomic mass is 32.2. The highest BCUT2D eigenvalue weighted by molar-refractivity contribution is 7.89. The number of hydrogen-bond donors (Lipinski definition) is 0. The van der Waals surface area contributed by atoms with E-state index >= 15 is 0 Å². The molecule has 0 amide bonds. The fourth-order valence-electron chi connectivity index (χ4n) is 2.63. The van der Waals surface area contributed by atoms with Crippen molar-refractivity contribution < 1.29 is 22.4 Å². The average Bonchev–Trinajstić information content (AvgIpc) is 3.18. The zero-order valence-electron chi connectivity index (χ0n) is 16.5. The van der Waals surface area contributed by atoms with Gasteiger partial charge in [0.2, 0.25) is 21.7 Å². The van der Waals surface area contributed by atoms with Crippen molar-refractivity contribution in [2.75, 3.05) is 20.3 Å². The Morgan fingerprint density at radius 1 is 0.931 bits per heavy atom. The summed E-state index contributed by atoms with van der Waals surface area (Å²) in [6.45, 7) is 4.84. The minimum absolute atomic E-state index is 0.0421. The Kier molecular flexibility index (Phi) is 6.50. The molecule has 0 N–H and O–H groups in total. The quantitative estimate of drug-likeness (QED) is 0.527. The van der Waals surface area contributed by atoms with Crippen molar-refractivity contribution in [1.29, 1.82) is 0 Å². The minimum Gasteiger partial charge on any atom is -0.494 e. The number of hydrogen-bond acceptors (Lipinski definition) is 7. The Morgan fingerprint density at radius 2 is 1.48 bits per heavy atom. The van der Waals surface area contributed by atoms with Crippen LogP contribution in [0.25, 0.3) is 11.4 Å². The SMILES string of the molecule is CCOc1ccc(-c2noc(CN(C)S(=O)(=O)c3ccc(OCC)cc3)n2)cc1. The van der Waals surface area contributed by atoms with Crippen molar-refractivity contribution in [2.45, 2.75) is 25.3 Å². The second-order valence-corrected chi connectivity index (χ2v) is 8.18. The topological polar surface area (TPSA) is 94.8 Å². The van der Waals surface area contributed by atoms with Crippen molar-refractivity contribution in [1.82, 2.24) is 14.4 Å². The summed E-state index contributed by atoms with van der Waals surface area (Å²) in [6.07, 6.45) is 0. The lowest BCUT2D eigenvalue weighted by Gasteiger charge is -2.15. The molecule has 0 radical (unpaired) electrons. The lowest BCUT2D eigenvalue weighted by atomic mass is 10.2. The van der Waals surface area contributed by atoms with Crippen LogP contribution >= 0.6 is 0 Å². The van der Waals surface area contributed by atoms with Gasteiger partial charge in [-0.2, -0.15) is 9.29 Å². The molecule has 0 saturated heterocycles. The monoisotopic (exact) mass is 417 g/mol. The number of nitrogens with zero attached hydrogens (tertiary/aromatic N) is 3. The van der Waals surface area contributed by atoms with E-state index in [1.165, 1.54) is 19.2 Å². The first-order chi connectivity index (χ1) is 13.9. The molecule has 0 saturated carbocycles. The van der Waals surface area contributed by atoms with E-state index in [0.29, 0.717) is 24.8 Å². The zero-order chi connectivity index (χ0) is 20.9. The van der Waals surface area contributed by atoms with Crippen LogP contribution in [-0.2, 0) is 16.6 Å². The summed E-state index contributed by atoms with van der Waals surface area (Å²) in [7, 11) is -2.24. The second kappa shape index (κ2) is 9.06. The predicted octanol–water partition coefficient (Wildman–Crippen LogP) is 3.35. The molecular weight excluding hydrogens is 394 g/mol. The molecule has 3 aromatic rings. The van der Waals surface area contributed by atoms with Gasteiger partial charge < -0.3 is 14.0 Å². The van der Waals surface area contributed by atoms with Crippen LogP contribution in [0, 0.1) is 0 Å². The van der Waals surface area contributed by atoms with E-state index in [1.54, 1.807) is 12.1 Å². The number of sulfonamides is 1. The van der Waals surface area contributed by atoms with Crippen LogP contribution in [0.1, 0.15) is 19.7 Å². The molecule has 0 aliphatic rings. The van der Waals surface area contributed by atoms with Crippen molar-refractivity contribution in [3.05, 3.63) is 54.4 Å². The second-order valence-electron chi connectivity index (χ2n) is 6.13. The maximum absolute atomic E-state index is 12.8. The third-order valence-corrected chi connectivity index (χ3v) is 5.91. The molecule has 0 bridgehead atoms. The molecule has 0 atom stereocenters. The molecule has 2 aromatic carbocycles. The Labute approximate surface area is 170 Å². The van der Waals surface area contributed by atoms with Crippen LogP contribution in [0.2, 0.25) is 0 Å². The molecule has 29 heavy (non-hydrogen) atoms. The van der Waals surface area contributed by atoms with E-state index in [4.69, 9.17) is 14.0 Å². The highest BCUT2D eigenvalue weighted by Gasteiger charge is 2.23. The third kappa shape index (κ3) is 4.93. The minimum atomic E-state index is -3.70. The Morgan fingerprint density at radius 3 is 2.03 bits per heavy atom. The van der Waals surface area contributed by atoms with Crippen LogP contribution in [-0.4, -0.2) is 43.1 Å². The van der Waals surface area contributed by atoms with Gasteiger partial charge in [-0.15, -0.1) is 0 Å². The summed E-state index contributed by atoms with van der Waals surface area (Å²) in [6, 6.07) is 13.5. The molecule has 0 spiro atoms. The third-order valence-electron chi connectivity index (χ3n) is 4.09. The Hall–Kier alpha value is -2.91. The largest absolute Gasteiger partial charge is 0.494 e. The normalized spacial score (nSPS) is 11.6. The van der Waals surface area contributed by atoms with Gasteiger partial charge in [0.25, 0.3) is 0 Å². The lowest BCUT2D eigenvalue weighted by molar-refractivity contribution is 0.336. The van der Waals surface area contributed by atoms with Crippen LogP contribution in [0.5, 0.6) is 11.5 Å². The van der Waals surface area contributed by atoms with Gasteiger partial charge in [-0.1, -0.05) is 5.16 Å². The summed E-state index contributed by atoms with van der Waals surface area (Å²) >= 11 is 0. The summed E-state index contributed by atoms with van der Waals surface area (Å²) < 4.78 is 42.7. The van der Waals surface area contributed by atoms with Crippen LogP contribution < -0.4 is 9.47 Å². The maximum atomic E-state index is 12.8. The van der Waals surface area contributed by atoms with E-state index < -0.39 is 10.0 Å². The van der Waals surface area contributed by atoms with Crippen LogP contribution in [0.3, 0.4) is 0 Å². The summed E-state index contributed by atoms with van der Waals surface area (Å²) in [5.74, 6) is 1.95. The van der Waals surface area contributed by atoms with Gasteiger partial charge in [-0.05, 0) is 62.4 Å². The first-order valence-electron chi connectivity index (χ1n) is 9.19. The molecule has 1 heterocycles. The molecule has 0 aliphatic carbocycles. The van der Waals surface area contributed by atoms with Crippen molar-refractivity contribution >= 4 is 10.0 Å². The summed E-state index contributed by atoms with van der Waals surface area (Å²) in [5.41, 5.74) is 0.750. The predicted molar refractivity (Wildman–Crippen MR) is 107 cm³/mol. The van der Waals surface area contributed by atoms with Crippen LogP contribution in [0.4, 0.5) is 0 Å². The number of ether oxygens (including phenoxy) is 2. The van der Waals surface area contributed by atoms with Gasteiger partial charge in [0.15, 0.2) is 0 Å². The van der Waals surface area contributed by atoms with Gasteiger partial charge in [-0.25, -0.2) is 8.42 Å². The van der Waals surface area contributed by atoms with Gasteiger partial charge in [0.05, 0.1) is 24.7 Å². The first kappa shape index (κ1) is 20.8. The molecular formula is C20H23N3O5S. The van der Waals surface area contributed by atoms with Crippen LogP contribution in [0.15, 0.2) is 57.9 Å². The highest BCUT2D eigenvalue weighted by Crippen LogP contribution is 2.22. The standard InChI is InChI=1S/C20H23N3O5S/c1-4-26-16-8-6-15(7-9-16)20-21-19(28-22-20)14-23(3)29(24,25)18-12-10-17(11-13-18)27-5-2/h6-13H,4-5,14H2,1-3H3. The van der Waals surface area contributed by atoms with E-state index in [0.717, 1.165) is 15.6 Å². The Balaban J connectivity index is 1.71. The zero-order valence-corrected chi connectivity index (χ0v) is 17.3. The fraction of sp³-hybridized carbons (Fsp3) is 0.300. The van der Waals surface area contributed by atoms with Crippen molar-refractivity contribution in [3.63, 3.8) is 0 Å². The van der Waals surface area contributed by atoms with Gasteiger partial charge in [-0.3, -0.25) is 0 Å². The number of aromatic nitrogens is 2. The van der Waals surface area contributed by atoms with Gasteiger partial charge >= 0.3 is 0 Å². The van der Waals surface area contributed by atoms with E-state index in [-0.39, 0.29) is 17.3 Å². The molecule has 8 nitrogen and oxygen atoms in total. The van der Waals surface area contributed by atoms with E-state index in [1.807, 2.05) is 38.1 Å². The molecule has 0 aliphatic heterocycles. The molecule has 0 unspecified atom stereocenters. The summed E-state index contributed by atoms with van der Waals surface area (Å²) in [5, 5.41) is 3.94. The fourth-order valence-corrected chi connectivity index (χ4v) is 3.75. The van der Waals surface area contributed by atoms with Crippen molar-refractivity contribution in [2.24, 2.45) is 0 Å². The number of rotatable bonds is 9. The summed E-state index contributed by atoms with van der Waals surface area (Å²) in [4.78, 5) is 4.46. The average molecular weight is 417 g/mol. The smallest absolute Gasteiger partial charge is 0.243 e. The number of benzene rings is 2. The lowest BCUT2D eigenvalue weighted by Crippen LogP contribution is -2.26. The van der Waals surface area contributed by atoms with Gasteiger partial charge in [0, 0.05) is 12.6 Å². The Bertz CT molecular complexity index is 1030. The van der Waals surface area contributed by atoms with Gasteiger partial charge in [0.1, 0.15) is 11.5 Å². The molecule has 9 heteroatoms. The molecule has 1 aromatic heterocycles. The molecule has 0 fully saturated rings. The maximum Gasteiger partial charge on any atom is 0.243 e. The van der Waals surface area contributed by atoms with Crippen molar-refractivity contribution in [3.8, 4) is 22.9 Å². The first-order valence-corrected chi connectivity index (χ1v) is 10.6. The molecule has 154 valence electrons. The van der Waals surface area contributed by atoms with E-state index in [2.05, 4.69) is 10.1 Å². The molecule has 3 rings (SSSR count). The van der Waals surface area contributed by atoms with E-state index in [9.17, 15) is 8.42 Å².